The molecule has 1 saturated carbocycles. The highest BCUT2D eigenvalue weighted by atomic mass is 16.5. The molecule has 1 aliphatic carbocycles. The van der Waals surface area contributed by atoms with Crippen molar-refractivity contribution >= 4 is 0 Å². The summed E-state index contributed by atoms with van der Waals surface area (Å²) in [7, 11) is 0. The zero-order valence-electron chi connectivity index (χ0n) is 12.7. The van der Waals surface area contributed by atoms with Crippen molar-refractivity contribution in [3.05, 3.63) is 11.6 Å². The van der Waals surface area contributed by atoms with E-state index in [1.807, 2.05) is 0 Å². The second-order valence-corrected chi connectivity index (χ2v) is 6.30. The maximum Gasteiger partial charge on any atom is 0.0594 e. The smallest absolute Gasteiger partial charge is 0.0594 e. The van der Waals surface area contributed by atoms with Crippen LogP contribution in [0.4, 0.5) is 0 Å². The van der Waals surface area contributed by atoms with Gasteiger partial charge in [-0.25, -0.2) is 0 Å². The highest BCUT2D eigenvalue weighted by Gasteiger charge is 2.37. The van der Waals surface area contributed by atoms with E-state index >= 15 is 0 Å². The molecule has 0 amide bonds. The van der Waals surface area contributed by atoms with Crippen LogP contribution in [0.1, 0.15) is 46.0 Å². The molecule has 3 nitrogen and oxygen atoms in total. The van der Waals surface area contributed by atoms with Gasteiger partial charge in [0.2, 0.25) is 0 Å². The first-order valence-electron chi connectivity index (χ1n) is 7.90. The number of ether oxygens (including phenoxy) is 1. The molecule has 110 valence electrons. The van der Waals surface area contributed by atoms with Crippen LogP contribution in [-0.4, -0.2) is 49.8 Å². The lowest BCUT2D eigenvalue weighted by molar-refractivity contribution is -0.0364. The van der Waals surface area contributed by atoms with Crippen molar-refractivity contribution < 1.29 is 4.74 Å². The SMILES string of the molecule is CC(C)=CCNCC1(N2CCOCC2)CCCCC1. The summed E-state index contributed by atoms with van der Waals surface area (Å²) in [4.78, 5) is 2.70. The number of rotatable bonds is 5. The number of nitrogens with zero attached hydrogens (tertiary/aromatic N) is 1. The number of hydrogen-bond donors (Lipinski definition) is 1. The molecular formula is C16H30N2O. The van der Waals surface area contributed by atoms with E-state index in [2.05, 4.69) is 30.1 Å². The summed E-state index contributed by atoms with van der Waals surface area (Å²) in [5, 5.41) is 3.67. The van der Waals surface area contributed by atoms with Gasteiger partial charge in [-0.1, -0.05) is 30.9 Å². The molecule has 0 unspecified atom stereocenters. The largest absolute Gasteiger partial charge is 0.379 e. The Morgan fingerprint density at radius 3 is 2.47 bits per heavy atom. The molecule has 1 aliphatic heterocycles. The average Bonchev–Trinajstić information content (AvgIpc) is 2.45. The molecule has 3 heteroatoms. The zero-order chi connectivity index (χ0) is 13.6. The Balaban J connectivity index is 1.91. The topological polar surface area (TPSA) is 24.5 Å². The Morgan fingerprint density at radius 2 is 1.84 bits per heavy atom. The van der Waals surface area contributed by atoms with Gasteiger partial charge >= 0.3 is 0 Å². The Kier molecular flexibility index (Phi) is 5.86. The van der Waals surface area contributed by atoms with Crippen LogP contribution in [0, 0.1) is 0 Å². The average molecular weight is 266 g/mol. The molecule has 0 aromatic heterocycles. The molecule has 0 aromatic rings. The van der Waals surface area contributed by atoms with Crippen LogP contribution in [0.3, 0.4) is 0 Å². The minimum Gasteiger partial charge on any atom is -0.379 e. The number of nitrogens with one attached hydrogen (secondary N) is 1. The van der Waals surface area contributed by atoms with Gasteiger partial charge in [-0.3, -0.25) is 4.90 Å². The number of morpholine rings is 1. The first kappa shape index (κ1) is 15.0. The van der Waals surface area contributed by atoms with E-state index in [1.165, 1.54) is 37.7 Å². The lowest BCUT2D eigenvalue weighted by Crippen LogP contribution is -2.59. The minimum atomic E-state index is 0.400. The number of hydrogen-bond acceptors (Lipinski definition) is 3. The molecule has 1 saturated heterocycles. The molecular weight excluding hydrogens is 236 g/mol. The fraction of sp³-hybridized carbons (Fsp3) is 0.875. The van der Waals surface area contributed by atoms with Gasteiger partial charge in [0.1, 0.15) is 0 Å². The van der Waals surface area contributed by atoms with Gasteiger partial charge in [0.25, 0.3) is 0 Å². The summed E-state index contributed by atoms with van der Waals surface area (Å²) < 4.78 is 5.52. The highest BCUT2D eigenvalue weighted by molar-refractivity contribution is 4.98. The van der Waals surface area contributed by atoms with E-state index in [9.17, 15) is 0 Å². The molecule has 0 atom stereocenters. The van der Waals surface area contributed by atoms with E-state index in [-0.39, 0.29) is 0 Å². The molecule has 1 heterocycles. The monoisotopic (exact) mass is 266 g/mol. The maximum atomic E-state index is 5.52. The van der Waals surface area contributed by atoms with Crippen LogP contribution in [0.2, 0.25) is 0 Å². The summed E-state index contributed by atoms with van der Waals surface area (Å²) in [6.45, 7) is 10.5. The van der Waals surface area contributed by atoms with Crippen LogP contribution < -0.4 is 5.32 Å². The second-order valence-electron chi connectivity index (χ2n) is 6.30. The summed E-state index contributed by atoms with van der Waals surface area (Å²) >= 11 is 0. The lowest BCUT2D eigenvalue weighted by atomic mass is 9.79. The zero-order valence-corrected chi connectivity index (χ0v) is 12.7. The van der Waals surface area contributed by atoms with Gasteiger partial charge in [0.05, 0.1) is 13.2 Å². The van der Waals surface area contributed by atoms with Gasteiger partial charge in [0, 0.05) is 31.7 Å². The Labute approximate surface area is 118 Å². The molecule has 0 radical (unpaired) electrons. The van der Waals surface area contributed by atoms with Gasteiger partial charge in [-0.2, -0.15) is 0 Å². The van der Waals surface area contributed by atoms with Gasteiger partial charge in [-0.05, 0) is 26.7 Å². The first-order valence-corrected chi connectivity index (χ1v) is 7.90. The van der Waals surface area contributed by atoms with Gasteiger partial charge in [-0.15, -0.1) is 0 Å². The van der Waals surface area contributed by atoms with Crippen molar-refractivity contribution in [1.82, 2.24) is 10.2 Å². The van der Waals surface area contributed by atoms with Gasteiger partial charge in [0.15, 0.2) is 0 Å². The van der Waals surface area contributed by atoms with Crippen LogP contribution >= 0.6 is 0 Å². The van der Waals surface area contributed by atoms with Crippen molar-refractivity contribution in [2.24, 2.45) is 0 Å². The molecule has 0 bridgehead atoms. The Bertz CT molecular complexity index is 285. The summed E-state index contributed by atoms with van der Waals surface area (Å²) in [5.74, 6) is 0. The van der Waals surface area contributed by atoms with E-state index in [1.54, 1.807) is 0 Å². The summed E-state index contributed by atoms with van der Waals surface area (Å²) in [5.41, 5.74) is 1.80. The third-order valence-corrected chi connectivity index (χ3v) is 4.57. The quantitative estimate of drug-likeness (QED) is 0.611. The second kappa shape index (κ2) is 7.41. The van der Waals surface area contributed by atoms with Crippen molar-refractivity contribution in [2.75, 3.05) is 39.4 Å². The number of allylic oxidation sites excluding steroid dienone is 1. The van der Waals surface area contributed by atoms with E-state index in [4.69, 9.17) is 4.74 Å². The van der Waals surface area contributed by atoms with Crippen molar-refractivity contribution in [1.29, 1.82) is 0 Å². The van der Waals surface area contributed by atoms with Crippen molar-refractivity contribution in [3.63, 3.8) is 0 Å². The molecule has 1 N–H and O–H groups in total. The highest BCUT2D eigenvalue weighted by Crippen LogP contribution is 2.33. The molecule has 19 heavy (non-hydrogen) atoms. The molecule has 0 aromatic carbocycles. The van der Waals surface area contributed by atoms with Crippen LogP contribution in [0.15, 0.2) is 11.6 Å². The maximum absolute atomic E-state index is 5.52. The standard InChI is InChI=1S/C16H30N2O/c1-15(2)6-9-17-14-16(7-4-3-5-8-16)18-10-12-19-13-11-18/h6,17H,3-5,7-14H2,1-2H3. The predicted molar refractivity (Wildman–Crippen MR) is 80.5 cm³/mol. The summed E-state index contributed by atoms with van der Waals surface area (Å²) in [6, 6.07) is 0. The van der Waals surface area contributed by atoms with Gasteiger partial charge < -0.3 is 10.1 Å². The van der Waals surface area contributed by atoms with Crippen molar-refractivity contribution in [3.8, 4) is 0 Å². The van der Waals surface area contributed by atoms with Crippen LogP contribution in [0.5, 0.6) is 0 Å². The molecule has 2 fully saturated rings. The molecule has 2 aliphatic rings. The normalized spacial score (nSPS) is 24.1. The third-order valence-electron chi connectivity index (χ3n) is 4.57. The first-order chi connectivity index (χ1) is 9.23. The Hall–Kier alpha value is -0.380. The van der Waals surface area contributed by atoms with Crippen LogP contribution in [0.25, 0.3) is 0 Å². The fourth-order valence-electron chi connectivity index (χ4n) is 3.43. The van der Waals surface area contributed by atoms with E-state index < -0.39 is 0 Å². The summed E-state index contributed by atoms with van der Waals surface area (Å²) in [6.07, 6.45) is 9.20. The molecule has 0 spiro atoms. The van der Waals surface area contributed by atoms with Crippen LogP contribution in [-0.2, 0) is 4.74 Å². The van der Waals surface area contributed by atoms with E-state index in [0.717, 1.165) is 39.4 Å². The minimum absolute atomic E-state index is 0.400. The fourth-order valence-corrected chi connectivity index (χ4v) is 3.43. The predicted octanol–water partition coefficient (Wildman–Crippen LogP) is 2.58. The lowest BCUT2D eigenvalue weighted by Gasteiger charge is -2.48. The van der Waals surface area contributed by atoms with Crippen molar-refractivity contribution in [2.45, 2.75) is 51.5 Å². The Morgan fingerprint density at radius 1 is 1.16 bits per heavy atom. The third kappa shape index (κ3) is 4.30. The molecule has 2 rings (SSSR count). The van der Waals surface area contributed by atoms with E-state index in [0.29, 0.717) is 5.54 Å².